The number of hydrazine groups is 1. The van der Waals surface area contributed by atoms with Crippen LogP contribution in [0.1, 0.15) is 33.8 Å². The molecular formula is C21H19N3O2. The number of pyridine rings is 1. The molecule has 3 rings (SSSR count). The van der Waals surface area contributed by atoms with Gasteiger partial charge in [0.25, 0.3) is 5.91 Å². The molecule has 2 N–H and O–H groups in total. The van der Waals surface area contributed by atoms with Crippen LogP contribution >= 0.6 is 0 Å². The van der Waals surface area contributed by atoms with E-state index in [4.69, 9.17) is 0 Å². The van der Waals surface area contributed by atoms with Crippen LogP contribution in [0, 0.1) is 0 Å². The molecule has 5 nitrogen and oxygen atoms in total. The van der Waals surface area contributed by atoms with Gasteiger partial charge in [-0.1, -0.05) is 60.7 Å². The van der Waals surface area contributed by atoms with Crippen LogP contribution in [-0.2, 0) is 4.79 Å². The Morgan fingerprint density at radius 2 is 1.42 bits per heavy atom. The molecule has 0 atom stereocenters. The smallest absolute Gasteiger partial charge is 0.271 e. The van der Waals surface area contributed by atoms with E-state index in [0.29, 0.717) is 5.56 Å². The maximum absolute atomic E-state index is 12.4. The number of amides is 2. The van der Waals surface area contributed by atoms with Crippen molar-refractivity contribution in [1.29, 1.82) is 0 Å². The molecule has 0 radical (unpaired) electrons. The molecule has 2 amide bonds. The summed E-state index contributed by atoms with van der Waals surface area (Å²) in [5, 5.41) is 0. The van der Waals surface area contributed by atoms with E-state index >= 15 is 0 Å². The Morgan fingerprint density at radius 1 is 0.808 bits per heavy atom. The minimum Gasteiger partial charge on any atom is -0.273 e. The first kappa shape index (κ1) is 17.4. The van der Waals surface area contributed by atoms with Crippen LogP contribution in [0.4, 0.5) is 0 Å². The molecule has 0 fully saturated rings. The van der Waals surface area contributed by atoms with Gasteiger partial charge in [0.05, 0.1) is 5.56 Å². The second-order valence-electron chi connectivity index (χ2n) is 5.82. The lowest BCUT2D eigenvalue weighted by atomic mass is 9.88. The number of aromatic nitrogens is 1. The Hall–Kier alpha value is -3.47. The third kappa shape index (κ3) is 4.54. The second kappa shape index (κ2) is 8.58. The quantitative estimate of drug-likeness (QED) is 0.698. The van der Waals surface area contributed by atoms with Crippen LogP contribution in [0.15, 0.2) is 85.2 Å². The van der Waals surface area contributed by atoms with E-state index in [1.54, 1.807) is 18.3 Å². The molecule has 0 aliphatic rings. The van der Waals surface area contributed by atoms with Crippen molar-refractivity contribution in [1.82, 2.24) is 15.8 Å². The van der Waals surface area contributed by atoms with Gasteiger partial charge in [-0.25, -0.2) is 0 Å². The Morgan fingerprint density at radius 3 is 1.96 bits per heavy atom. The molecule has 0 aliphatic heterocycles. The van der Waals surface area contributed by atoms with Crippen LogP contribution < -0.4 is 10.9 Å². The van der Waals surface area contributed by atoms with E-state index in [1.165, 1.54) is 6.20 Å². The number of carbonyl (C=O) groups is 2. The van der Waals surface area contributed by atoms with E-state index in [1.807, 2.05) is 60.7 Å². The van der Waals surface area contributed by atoms with Crippen molar-refractivity contribution in [3.8, 4) is 0 Å². The van der Waals surface area contributed by atoms with Crippen LogP contribution in [-0.4, -0.2) is 16.8 Å². The lowest BCUT2D eigenvalue weighted by molar-refractivity contribution is -0.122. The van der Waals surface area contributed by atoms with E-state index in [2.05, 4.69) is 15.8 Å². The predicted octanol–water partition coefficient (Wildman–Crippen LogP) is 3.06. The fourth-order valence-corrected chi connectivity index (χ4v) is 2.73. The van der Waals surface area contributed by atoms with Gasteiger partial charge in [-0.15, -0.1) is 0 Å². The minimum absolute atomic E-state index is 0.0901. The summed E-state index contributed by atoms with van der Waals surface area (Å²) in [7, 11) is 0. The molecule has 2 aromatic carbocycles. The highest BCUT2D eigenvalue weighted by Crippen LogP contribution is 2.27. The monoisotopic (exact) mass is 345 g/mol. The summed E-state index contributed by atoms with van der Waals surface area (Å²) >= 11 is 0. The van der Waals surface area contributed by atoms with Gasteiger partial charge in [0.15, 0.2) is 0 Å². The number of carbonyl (C=O) groups excluding carboxylic acids is 2. The Kier molecular flexibility index (Phi) is 5.72. The molecule has 3 aromatic rings. The number of hydrogen-bond donors (Lipinski definition) is 2. The van der Waals surface area contributed by atoms with Crippen LogP contribution in [0.2, 0.25) is 0 Å². The summed E-state index contributed by atoms with van der Waals surface area (Å²) in [5.74, 6) is -0.755. The van der Waals surface area contributed by atoms with Crippen molar-refractivity contribution < 1.29 is 9.59 Å². The highest BCUT2D eigenvalue weighted by Gasteiger charge is 2.18. The average Bonchev–Trinajstić information content (AvgIpc) is 2.72. The fourth-order valence-electron chi connectivity index (χ4n) is 2.73. The van der Waals surface area contributed by atoms with E-state index < -0.39 is 5.91 Å². The van der Waals surface area contributed by atoms with Crippen LogP contribution in [0.3, 0.4) is 0 Å². The normalized spacial score (nSPS) is 10.3. The van der Waals surface area contributed by atoms with Crippen molar-refractivity contribution in [2.75, 3.05) is 0 Å². The SMILES string of the molecule is O=C(CC(c1ccccc1)c1ccccc1)NNC(=O)c1cccnc1. The standard InChI is InChI=1S/C21H19N3O2/c25-20(23-24-21(26)18-12-7-13-22-15-18)14-19(16-8-3-1-4-9-16)17-10-5-2-6-11-17/h1-13,15,19H,14H2,(H,23,25)(H,24,26). The second-order valence-corrected chi connectivity index (χ2v) is 5.82. The maximum Gasteiger partial charge on any atom is 0.271 e. The molecule has 1 heterocycles. The molecule has 26 heavy (non-hydrogen) atoms. The molecule has 0 aliphatic carbocycles. The van der Waals surface area contributed by atoms with Crippen LogP contribution in [0.25, 0.3) is 0 Å². The highest BCUT2D eigenvalue weighted by molar-refractivity contribution is 5.95. The van der Waals surface area contributed by atoms with E-state index in [-0.39, 0.29) is 18.2 Å². The molecule has 0 bridgehead atoms. The van der Waals surface area contributed by atoms with Crippen LogP contribution in [0.5, 0.6) is 0 Å². The van der Waals surface area contributed by atoms with Gasteiger partial charge < -0.3 is 0 Å². The minimum atomic E-state index is -0.401. The van der Waals surface area contributed by atoms with Crippen molar-refractivity contribution in [3.05, 3.63) is 102 Å². The van der Waals surface area contributed by atoms with Gasteiger partial charge in [0, 0.05) is 24.7 Å². The maximum atomic E-state index is 12.4. The molecule has 1 aromatic heterocycles. The molecule has 0 saturated heterocycles. The zero-order chi connectivity index (χ0) is 18.2. The third-order valence-corrected chi connectivity index (χ3v) is 4.03. The number of nitrogens with one attached hydrogen (secondary N) is 2. The number of nitrogens with zero attached hydrogens (tertiary/aromatic N) is 1. The first-order valence-electron chi connectivity index (χ1n) is 8.33. The van der Waals surface area contributed by atoms with Crippen molar-refractivity contribution in [2.24, 2.45) is 0 Å². The Balaban J connectivity index is 1.67. The molecular weight excluding hydrogens is 326 g/mol. The highest BCUT2D eigenvalue weighted by atomic mass is 16.2. The molecule has 0 spiro atoms. The molecule has 5 heteroatoms. The lowest BCUT2D eigenvalue weighted by Crippen LogP contribution is -2.42. The topological polar surface area (TPSA) is 71.1 Å². The predicted molar refractivity (Wildman–Crippen MR) is 99.2 cm³/mol. The summed E-state index contributed by atoms with van der Waals surface area (Å²) in [6, 6.07) is 23.0. The van der Waals surface area contributed by atoms with Gasteiger partial charge in [0.2, 0.25) is 5.91 Å². The number of hydrogen-bond acceptors (Lipinski definition) is 3. The first-order chi connectivity index (χ1) is 12.7. The Bertz CT molecular complexity index is 813. The van der Waals surface area contributed by atoms with Gasteiger partial charge >= 0.3 is 0 Å². The summed E-state index contributed by atoms with van der Waals surface area (Å²) < 4.78 is 0. The Labute approximate surface area is 152 Å². The fraction of sp³-hybridized carbons (Fsp3) is 0.0952. The van der Waals surface area contributed by atoms with E-state index in [9.17, 15) is 9.59 Å². The largest absolute Gasteiger partial charge is 0.273 e. The van der Waals surface area contributed by atoms with E-state index in [0.717, 1.165) is 11.1 Å². The third-order valence-electron chi connectivity index (χ3n) is 4.03. The summed E-state index contributed by atoms with van der Waals surface area (Å²) in [6.45, 7) is 0. The van der Waals surface area contributed by atoms with Gasteiger partial charge in [-0.3, -0.25) is 25.4 Å². The molecule has 130 valence electrons. The summed E-state index contributed by atoms with van der Waals surface area (Å²) in [4.78, 5) is 28.3. The zero-order valence-electron chi connectivity index (χ0n) is 14.1. The van der Waals surface area contributed by atoms with Gasteiger partial charge in [-0.2, -0.15) is 0 Å². The van der Waals surface area contributed by atoms with Crippen molar-refractivity contribution in [3.63, 3.8) is 0 Å². The number of benzene rings is 2. The summed E-state index contributed by atoms with van der Waals surface area (Å²) in [6.07, 6.45) is 3.25. The molecule has 0 unspecified atom stereocenters. The number of rotatable bonds is 5. The first-order valence-corrected chi connectivity index (χ1v) is 8.33. The van der Waals surface area contributed by atoms with Gasteiger partial charge in [-0.05, 0) is 23.3 Å². The zero-order valence-corrected chi connectivity index (χ0v) is 14.1. The van der Waals surface area contributed by atoms with Crippen molar-refractivity contribution >= 4 is 11.8 Å². The summed E-state index contributed by atoms with van der Waals surface area (Å²) in [5.41, 5.74) is 7.39. The average molecular weight is 345 g/mol. The van der Waals surface area contributed by atoms with Gasteiger partial charge in [0.1, 0.15) is 0 Å². The molecule has 0 saturated carbocycles. The lowest BCUT2D eigenvalue weighted by Gasteiger charge is -2.18. The van der Waals surface area contributed by atoms with Crippen molar-refractivity contribution in [2.45, 2.75) is 12.3 Å².